The summed E-state index contributed by atoms with van der Waals surface area (Å²) in [4.78, 5) is 8.87. The summed E-state index contributed by atoms with van der Waals surface area (Å²) in [7, 11) is -3.62. The van der Waals surface area contributed by atoms with Gasteiger partial charge in [-0.05, 0) is 95.4 Å². The van der Waals surface area contributed by atoms with E-state index in [4.69, 9.17) is 4.63 Å². The molecule has 1 saturated heterocycles. The van der Waals surface area contributed by atoms with Crippen LogP contribution in [0.2, 0.25) is 0 Å². The van der Waals surface area contributed by atoms with Crippen molar-refractivity contribution in [3.05, 3.63) is 90.4 Å². The van der Waals surface area contributed by atoms with Crippen LogP contribution in [0.1, 0.15) is 18.4 Å². The fourth-order valence-electron chi connectivity index (χ4n) is 4.66. The normalized spacial score (nSPS) is 14.8. The fourth-order valence-corrected chi connectivity index (χ4v) is 6.13. The van der Waals surface area contributed by atoms with E-state index in [1.165, 1.54) is 16.4 Å². The first-order valence-electron chi connectivity index (χ1n) is 13.1. The van der Waals surface area contributed by atoms with Gasteiger partial charge in [0.15, 0.2) is 0 Å². The largest absolute Gasteiger partial charge is 0.340 e. The van der Waals surface area contributed by atoms with E-state index in [0.717, 1.165) is 11.1 Å². The van der Waals surface area contributed by atoms with E-state index >= 15 is 0 Å². The lowest BCUT2D eigenvalue weighted by molar-refractivity contribution is 0.288. The van der Waals surface area contributed by atoms with E-state index in [-0.39, 0.29) is 16.8 Å². The number of piperidine rings is 1. The first-order valence-corrected chi connectivity index (χ1v) is 14.5. The van der Waals surface area contributed by atoms with Crippen LogP contribution in [0, 0.1) is 5.82 Å². The van der Waals surface area contributed by atoms with Crippen molar-refractivity contribution in [3.8, 4) is 0 Å². The maximum absolute atomic E-state index is 13.3. The van der Waals surface area contributed by atoms with E-state index in [9.17, 15) is 12.8 Å². The van der Waals surface area contributed by atoms with Gasteiger partial charge in [-0.15, -0.1) is 0 Å². The van der Waals surface area contributed by atoms with Crippen molar-refractivity contribution < 1.29 is 17.4 Å². The number of benzene rings is 3. The molecule has 2 aromatic heterocycles. The highest BCUT2D eigenvalue weighted by atomic mass is 32.2. The maximum atomic E-state index is 13.3. The maximum Gasteiger partial charge on any atom is 0.243 e. The molecule has 1 aliphatic heterocycles. The predicted molar refractivity (Wildman–Crippen MR) is 152 cm³/mol. The average Bonchev–Trinajstić information content (AvgIpc) is 3.46. The molecule has 3 aromatic carbocycles. The number of anilines is 4. The van der Waals surface area contributed by atoms with Crippen LogP contribution in [0.3, 0.4) is 0 Å². The number of aromatic nitrogens is 4. The summed E-state index contributed by atoms with van der Waals surface area (Å²) in [6.07, 6.45) is 3.02. The molecule has 3 heterocycles. The Morgan fingerprint density at radius 3 is 2.37 bits per heavy atom. The number of sulfonamides is 1. The van der Waals surface area contributed by atoms with Gasteiger partial charge < -0.3 is 16.0 Å². The lowest BCUT2D eigenvalue weighted by Crippen LogP contribution is -2.44. The number of nitrogens with zero attached hydrogens (tertiary/aromatic N) is 5. The van der Waals surface area contributed by atoms with Crippen molar-refractivity contribution in [1.82, 2.24) is 29.9 Å². The SMILES string of the molecule is O=S(=O)(c1ccc(Nc2nccc(Nc3ccc(F)cc3)n2)cc1)N1CCC(NCc2ccc3nonc3c2)CC1. The molecule has 0 atom stereocenters. The molecule has 13 heteroatoms. The van der Waals surface area contributed by atoms with Gasteiger partial charge in [0, 0.05) is 43.2 Å². The van der Waals surface area contributed by atoms with Gasteiger partial charge in [0.05, 0.1) is 4.90 Å². The molecule has 5 aromatic rings. The Balaban J connectivity index is 1.02. The molecule has 0 amide bonds. The Morgan fingerprint density at radius 2 is 1.59 bits per heavy atom. The molecule has 11 nitrogen and oxygen atoms in total. The van der Waals surface area contributed by atoms with Crippen molar-refractivity contribution in [3.63, 3.8) is 0 Å². The third-order valence-corrected chi connectivity index (χ3v) is 8.80. The minimum atomic E-state index is -3.62. The zero-order valence-corrected chi connectivity index (χ0v) is 22.7. The molecule has 0 aliphatic carbocycles. The van der Waals surface area contributed by atoms with Gasteiger partial charge >= 0.3 is 0 Å². The summed E-state index contributed by atoms with van der Waals surface area (Å²) < 4.78 is 46.0. The molecule has 1 aliphatic rings. The average molecular weight is 575 g/mol. The fraction of sp³-hybridized carbons (Fsp3) is 0.214. The van der Waals surface area contributed by atoms with Crippen molar-refractivity contribution >= 4 is 44.2 Å². The summed E-state index contributed by atoms with van der Waals surface area (Å²) in [6.45, 7) is 1.53. The topological polar surface area (TPSA) is 138 Å². The lowest BCUT2D eigenvalue weighted by atomic mass is 10.1. The Morgan fingerprint density at radius 1 is 0.878 bits per heavy atom. The van der Waals surface area contributed by atoms with Crippen LogP contribution < -0.4 is 16.0 Å². The Labute approximate surface area is 235 Å². The molecule has 0 spiro atoms. The zero-order valence-electron chi connectivity index (χ0n) is 21.9. The molecule has 0 unspecified atom stereocenters. The number of halogens is 1. The summed E-state index contributed by atoms with van der Waals surface area (Å²) >= 11 is 0. The van der Waals surface area contributed by atoms with Gasteiger partial charge in [-0.25, -0.2) is 22.4 Å². The zero-order chi connectivity index (χ0) is 28.2. The van der Waals surface area contributed by atoms with Crippen LogP contribution >= 0.6 is 0 Å². The number of hydrogen-bond donors (Lipinski definition) is 3. The Kier molecular flexibility index (Phi) is 7.55. The summed E-state index contributed by atoms with van der Waals surface area (Å²) in [5, 5.41) is 17.4. The molecule has 0 bridgehead atoms. The second-order valence-electron chi connectivity index (χ2n) is 9.69. The third kappa shape index (κ3) is 6.32. The predicted octanol–water partition coefficient (Wildman–Crippen LogP) is 4.58. The standard InChI is InChI=1S/C28H27FN8O3S/c29-20-2-4-22(5-3-20)32-27-11-14-30-28(34-27)33-23-6-8-24(9-7-23)41(38,39)37-15-12-21(13-16-37)31-18-19-1-10-25-26(17-19)36-40-35-25/h1-11,14,17,21,31H,12-13,15-16,18H2,(H2,30,32,33,34). The molecule has 6 rings (SSSR count). The number of nitrogens with one attached hydrogen (secondary N) is 3. The van der Waals surface area contributed by atoms with Crippen LogP contribution in [-0.4, -0.2) is 52.1 Å². The van der Waals surface area contributed by atoms with E-state index in [2.05, 4.69) is 36.2 Å². The van der Waals surface area contributed by atoms with Crippen LogP contribution in [-0.2, 0) is 16.6 Å². The van der Waals surface area contributed by atoms with Gasteiger partial charge in [-0.2, -0.15) is 9.29 Å². The molecule has 0 saturated carbocycles. The first-order chi connectivity index (χ1) is 19.9. The third-order valence-electron chi connectivity index (χ3n) is 6.89. The monoisotopic (exact) mass is 574 g/mol. The molecule has 3 N–H and O–H groups in total. The van der Waals surface area contributed by atoms with Crippen LogP contribution in [0.5, 0.6) is 0 Å². The summed E-state index contributed by atoms with van der Waals surface area (Å²) in [5.41, 5.74) is 3.83. The van der Waals surface area contributed by atoms with Crippen molar-refractivity contribution in [1.29, 1.82) is 0 Å². The highest BCUT2D eigenvalue weighted by Gasteiger charge is 2.29. The van der Waals surface area contributed by atoms with Gasteiger partial charge in [0.1, 0.15) is 22.7 Å². The summed E-state index contributed by atoms with van der Waals surface area (Å²) in [6, 6.07) is 20.2. The van der Waals surface area contributed by atoms with E-state index in [1.807, 2.05) is 18.2 Å². The second-order valence-corrected chi connectivity index (χ2v) is 11.6. The molecule has 1 fully saturated rings. The van der Waals surface area contributed by atoms with E-state index < -0.39 is 10.0 Å². The second kappa shape index (κ2) is 11.6. The minimum Gasteiger partial charge on any atom is -0.340 e. The minimum absolute atomic E-state index is 0.215. The van der Waals surface area contributed by atoms with E-state index in [0.29, 0.717) is 61.1 Å². The van der Waals surface area contributed by atoms with Gasteiger partial charge in [0.25, 0.3) is 0 Å². The van der Waals surface area contributed by atoms with Gasteiger partial charge in [-0.1, -0.05) is 6.07 Å². The number of fused-ring (bicyclic) bond motifs is 1. The molecular weight excluding hydrogens is 547 g/mol. The van der Waals surface area contributed by atoms with Gasteiger partial charge in [-0.3, -0.25) is 0 Å². The van der Waals surface area contributed by atoms with Crippen LogP contribution in [0.4, 0.5) is 27.5 Å². The molecule has 41 heavy (non-hydrogen) atoms. The van der Waals surface area contributed by atoms with E-state index in [1.54, 1.807) is 48.7 Å². The Hall–Kier alpha value is -4.46. The highest BCUT2D eigenvalue weighted by molar-refractivity contribution is 7.89. The highest BCUT2D eigenvalue weighted by Crippen LogP contribution is 2.24. The molecule has 210 valence electrons. The lowest BCUT2D eigenvalue weighted by Gasteiger charge is -2.31. The number of rotatable bonds is 9. The molecular formula is C28H27FN8O3S. The van der Waals surface area contributed by atoms with Crippen molar-refractivity contribution in [2.75, 3.05) is 23.7 Å². The van der Waals surface area contributed by atoms with Crippen LogP contribution in [0.25, 0.3) is 11.0 Å². The smallest absolute Gasteiger partial charge is 0.243 e. The van der Waals surface area contributed by atoms with Crippen molar-refractivity contribution in [2.45, 2.75) is 30.3 Å². The van der Waals surface area contributed by atoms with Crippen molar-refractivity contribution in [2.24, 2.45) is 0 Å². The number of hydrogen-bond acceptors (Lipinski definition) is 10. The Bertz CT molecular complexity index is 1740. The van der Waals surface area contributed by atoms with Crippen LogP contribution in [0.15, 0.2) is 88.5 Å². The quantitative estimate of drug-likeness (QED) is 0.229. The first kappa shape index (κ1) is 26.7. The summed E-state index contributed by atoms with van der Waals surface area (Å²) in [5.74, 6) is 0.541. The van der Waals surface area contributed by atoms with Gasteiger partial charge in [0.2, 0.25) is 16.0 Å². The molecule has 0 radical (unpaired) electrons.